The average molecular weight is 208 g/mol. The fourth-order valence-corrected chi connectivity index (χ4v) is 1.42. The second kappa shape index (κ2) is 6.19. The van der Waals surface area contributed by atoms with E-state index in [0.29, 0.717) is 13.0 Å². The molecule has 1 atom stereocenters. The molecule has 3 heteroatoms. The van der Waals surface area contributed by atoms with Crippen LogP contribution in [0.15, 0.2) is 30.3 Å². The quantitative estimate of drug-likeness (QED) is 0.778. The van der Waals surface area contributed by atoms with Gasteiger partial charge in [-0.05, 0) is 25.3 Å². The van der Waals surface area contributed by atoms with Crippen LogP contribution in [0.4, 0.5) is 0 Å². The normalized spacial score (nSPS) is 12.3. The summed E-state index contributed by atoms with van der Waals surface area (Å²) in [6.07, 6.45) is 0.570. The van der Waals surface area contributed by atoms with Crippen molar-refractivity contribution in [1.82, 2.24) is 0 Å². The number of hydrogen-bond acceptors (Lipinski definition) is 2. The molecule has 0 aromatic heterocycles. The first-order valence-corrected chi connectivity index (χ1v) is 5.12. The summed E-state index contributed by atoms with van der Waals surface area (Å²) in [5, 5.41) is 8.86. The van der Waals surface area contributed by atoms with E-state index in [0.717, 1.165) is 12.0 Å². The van der Waals surface area contributed by atoms with Crippen molar-refractivity contribution in [3.05, 3.63) is 35.9 Å². The van der Waals surface area contributed by atoms with Crippen molar-refractivity contribution in [2.75, 3.05) is 6.61 Å². The summed E-state index contributed by atoms with van der Waals surface area (Å²) >= 11 is 0. The Morgan fingerprint density at radius 1 is 1.40 bits per heavy atom. The van der Waals surface area contributed by atoms with Crippen molar-refractivity contribution in [3.63, 3.8) is 0 Å². The van der Waals surface area contributed by atoms with Crippen molar-refractivity contribution >= 4 is 5.97 Å². The minimum atomic E-state index is -0.882. The van der Waals surface area contributed by atoms with Gasteiger partial charge in [0.25, 0.3) is 0 Å². The van der Waals surface area contributed by atoms with Crippen LogP contribution in [-0.4, -0.2) is 23.8 Å². The van der Waals surface area contributed by atoms with Crippen molar-refractivity contribution < 1.29 is 14.6 Å². The van der Waals surface area contributed by atoms with Gasteiger partial charge in [0.05, 0.1) is 0 Å². The molecule has 0 bridgehead atoms. The Balaban J connectivity index is 2.43. The van der Waals surface area contributed by atoms with E-state index in [1.807, 2.05) is 30.3 Å². The van der Waals surface area contributed by atoms with Gasteiger partial charge in [-0.2, -0.15) is 0 Å². The molecule has 0 aliphatic rings. The molecule has 1 aromatic rings. The SMILES string of the molecule is CCOC(CCc1ccccc1)C(=O)O. The highest BCUT2D eigenvalue weighted by Gasteiger charge is 2.16. The van der Waals surface area contributed by atoms with Crippen LogP contribution < -0.4 is 0 Å². The first-order chi connectivity index (χ1) is 7.24. The van der Waals surface area contributed by atoms with Gasteiger partial charge in [-0.1, -0.05) is 30.3 Å². The summed E-state index contributed by atoms with van der Waals surface area (Å²) in [6, 6.07) is 9.83. The average Bonchev–Trinajstić information content (AvgIpc) is 2.25. The number of aryl methyl sites for hydroxylation is 1. The topological polar surface area (TPSA) is 46.5 Å². The number of ether oxygens (including phenoxy) is 1. The fourth-order valence-electron chi connectivity index (χ4n) is 1.42. The lowest BCUT2D eigenvalue weighted by Crippen LogP contribution is -2.24. The summed E-state index contributed by atoms with van der Waals surface area (Å²) in [4.78, 5) is 10.8. The maximum atomic E-state index is 10.8. The van der Waals surface area contributed by atoms with Crippen molar-refractivity contribution in [3.8, 4) is 0 Å². The highest BCUT2D eigenvalue weighted by Crippen LogP contribution is 2.07. The smallest absolute Gasteiger partial charge is 0.332 e. The molecular weight excluding hydrogens is 192 g/mol. The molecule has 0 radical (unpaired) electrons. The molecule has 1 aromatic carbocycles. The number of hydrogen-bond donors (Lipinski definition) is 1. The third-order valence-electron chi connectivity index (χ3n) is 2.18. The van der Waals surface area contributed by atoms with Gasteiger partial charge in [-0.15, -0.1) is 0 Å². The molecule has 0 spiro atoms. The molecule has 0 amide bonds. The van der Waals surface area contributed by atoms with Gasteiger partial charge in [-0.3, -0.25) is 0 Å². The van der Waals surface area contributed by atoms with Crippen LogP contribution in [0.25, 0.3) is 0 Å². The first kappa shape index (κ1) is 11.7. The number of benzene rings is 1. The van der Waals surface area contributed by atoms with Gasteiger partial charge in [0.15, 0.2) is 6.10 Å². The third-order valence-corrected chi connectivity index (χ3v) is 2.18. The van der Waals surface area contributed by atoms with Gasteiger partial charge in [0.1, 0.15) is 0 Å². The Labute approximate surface area is 89.7 Å². The van der Waals surface area contributed by atoms with Crippen LogP contribution in [0.3, 0.4) is 0 Å². The number of rotatable bonds is 6. The highest BCUT2D eigenvalue weighted by atomic mass is 16.5. The molecule has 0 saturated carbocycles. The summed E-state index contributed by atoms with van der Waals surface area (Å²) in [5.74, 6) is -0.882. The zero-order valence-electron chi connectivity index (χ0n) is 8.85. The standard InChI is InChI=1S/C12H16O3/c1-2-15-11(12(13)14)9-8-10-6-4-3-5-7-10/h3-7,11H,2,8-9H2,1H3,(H,13,14). The van der Waals surface area contributed by atoms with E-state index < -0.39 is 12.1 Å². The van der Waals surface area contributed by atoms with Gasteiger partial charge < -0.3 is 9.84 Å². The van der Waals surface area contributed by atoms with Crippen molar-refractivity contribution in [2.24, 2.45) is 0 Å². The number of carboxylic acid groups (broad SMARTS) is 1. The minimum Gasteiger partial charge on any atom is -0.479 e. The van der Waals surface area contributed by atoms with Crippen LogP contribution in [0.5, 0.6) is 0 Å². The lowest BCUT2D eigenvalue weighted by atomic mass is 10.1. The molecule has 3 nitrogen and oxygen atoms in total. The van der Waals surface area contributed by atoms with E-state index >= 15 is 0 Å². The Morgan fingerprint density at radius 2 is 2.07 bits per heavy atom. The van der Waals surface area contributed by atoms with Crippen LogP contribution in [0.2, 0.25) is 0 Å². The first-order valence-electron chi connectivity index (χ1n) is 5.12. The monoisotopic (exact) mass is 208 g/mol. The zero-order valence-corrected chi connectivity index (χ0v) is 8.85. The summed E-state index contributed by atoms with van der Waals surface area (Å²) in [5.41, 5.74) is 1.14. The molecule has 1 N–H and O–H groups in total. The molecule has 0 aliphatic heterocycles. The summed E-state index contributed by atoms with van der Waals surface area (Å²) < 4.78 is 5.13. The van der Waals surface area contributed by atoms with Crippen LogP contribution in [0.1, 0.15) is 18.9 Å². The molecule has 0 heterocycles. The van der Waals surface area contributed by atoms with E-state index in [9.17, 15) is 4.79 Å². The van der Waals surface area contributed by atoms with Crippen LogP contribution in [0, 0.1) is 0 Å². The molecule has 0 saturated heterocycles. The molecule has 15 heavy (non-hydrogen) atoms. The second-order valence-corrected chi connectivity index (χ2v) is 3.31. The van der Waals surface area contributed by atoms with E-state index in [1.165, 1.54) is 0 Å². The number of aliphatic carboxylic acids is 1. The molecule has 0 aliphatic carbocycles. The number of carboxylic acids is 1. The van der Waals surface area contributed by atoms with Crippen molar-refractivity contribution in [2.45, 2.75) is 25.9 Å². The van der Waals surface area contributed by atoms with E-state index in [-0.39, 0.29) is 0 Å². The van der Waals surface area contributed by atoms with E-state index in [1.54, 1.807) is 6.92 Å². The molecule has 1 unspecified atom stereocenters. The second-order valence-electron chi connectivity index (χ2n) is 3.31. The molecule has 82 valence electrons. The minimum absolute atomic E-state index is 0.436. The maximum Gasteiger partial charge on any atom is 0.332 e. The Morgan fingerprint density at radius 3 is 2.60 bits per heavy atom. The van der Waals surface area contributed by atoms with Gasteiger partial charge in [0.2, 0.25) is 0 Å². The van der Waals surface area contributed by atoms with Gasteiger partial charge in [0, 0.05) is 6.61 Å². The Kier molecular flexibility index (Phi) is 4.84. The van der Waals surface area contributed by atoms with Crippen molar-refractivity contribution in [1.29, 1.82) is 0 Å². The predicted molar refractivity (Wildman–Crippen MR) is 57.8 cm³/mol. The Bertz CT molecular complexity index is 295. The molecular formula is C12H16O3. The van der Waals surface area contributed by atoms with Crippen LogP contribution in [-0.2, 0) is 16.0 Å². The highest BCUT2D eigenvalue weighted by molar-refractivity contribution is 5.72. The number of carbonyl (C=O) groups is 1. The van der Waals surface area contributed by atoms with Crippen LogP contribution >= 0.6 is 0 Å². The van der Waals surface area contributed by atoms with E-state index in [2.05, 4.69) is 0 Å². The summed E-state index contributed by atoms with van der Waals surface area (Å²) in [6.45, 7) is 2.24. The predicted octanol–water partition coefficient (Wildman–Crippen LogP) is 2.11. The van der Waals surface area contributed by atoms with Gasteiger partial charge >= 0.3 is 5.97 Å². The Hall–Kier alpha value is -1.35. The zero-order chi connectivity index (χ0) is 11.1. The van der Waals surface area contributed by atoms with E-state index in [4.69, 9.17) is 9.84 Å². The summed E-state index contributed by atoms with van der Waals surface area (Å²) in [7, 11) is 0. The lowest BCUT2D eigenvalue weighted by molar-refractivity contribution is -0.150. The molecule has 0 fully saturated rings. The third kappa shape index (κ3) is 4.13. The largest absolute Gasteiger partial charge is 0.479 e. The molecule has 1 rings (SSSR count). The fraction of sp³-hybridized carbons (Fsp3) is 0.417. The maximum absolute atomic E-state index is 10.8. The lowest BCUT2D eigenvalue weighted by Gasteiger charge is -2.11. The van der Waals surface area contributed by atoms with Gasteiger partial charge in [-0.25, -0.2) is 4.79 Å².